The molecule has 52 valence electrons. The minimum Gasteiger partial charge on any atom is -0.497 e. The molecule has 0 atom stereocenters. The normalized spacial score (nSPS) is 17.1. The fourth-order valence-corrected chi connectivity index (χ4v) is 0.662. The van der Waals surface area contributed by atoms with Gasteiger partial charge in [0.2, 0.25) is 0 Å². The van der Waals surface area contributed by atoms with Crippen LogP contribution in [0.5, 0.6) is 0 Å². The average molecular weight is 136 g/mol. The molecule has 0 radical (unpaired) electrons. The van der Waals surface area contributed by atoms with Crippen LogP contribution in [0, 0.1) is 0 Å². The van der Waals surface area contributed by atoms with Gasteiger partial charge in [-0.05, 0) is 12.2 Å². The SMILES string of the molecule is C=C1C=CC(OC)=CC1=O. The summed E-state index contributed by atoms with van der Waals surface area (Å²) in [5.41, 5.74) is 0.501. The van der Waals surface area contributed by atoms with Gasteiger partial charge in [-0.15, -0.1) is 0 Å². The number of hydrogen-bond donors (Lipinski definition) is 0. The van der Waals surface area contributed by atoms with Gasteiger partial charge in [-0.25, -0.2) is 0 Å². The van der Waals surface area contributed by atoms with E-state index in [9.17, 15) is 4.79 Å². The van der Waals surface area contributed by atoms with E-state index in [-0.39, 0.29) is 5.78 Å². The largest absolute Gasteiger partial charge is 0.497 e. The minimum absolute atomic E-state index is 0.0839. The van der Waals surface area contributed by atoms with Crippen LogP contribution in [0.3, 0.4) is 0 Å². The van der Waals surface area contributed by atoms with E-state index in [1.807, 2.05) is 0 Å². The molecule has 0 aromatic carbocycles. The lowest BCUT2D eigenvalue weighted by molar-refractivity contribution is -0.111. The van der Waals surface area contributed by atoms with E-state index in [2.05, 4.69) is 6.58 Å². The smallest absolute Gasteiger partial charge is 0.188 e. The molecule has 0 N–H and O–H groups in total. The van der Waals surface area contributed by atoms with Gasteiger partial charge in [0.1, 0.15) is 5.76 Å². The highest BCUT2D eigenvalue weighted by Crippen LogP contribution is 2.10. The Morgan fingerprint density at radius 2 is 2.20 bits per heavy atom. The Morgan fingerprint density at radius 3 is 2.70 bits per heavy atom. The Morgan fingerprint density at radius 1 is 1.50 bits per heavy atom. The van der Waals surface area contributed by atoms with Crippen molar-refractivity contribution in [2.45, 2.75) is 0 Å². The van der Waals surface area contributed by atoms with Crippen molar-refractivity contribution >= 4 is 5.78 Å². The molecule has 0 unspecified atom stereocenters. The standard InChI is InChI=1S/C8H8O2/c1-6-3-4-7(10-2)5-8(6)9/h3-5H,1H2,2H3. The first-order valence-corrected chi connectivity index (χ1v) is 2.91. The molecule has 0 aromatic rings. The van der Waals surface area contributed by atoms with Crippen LogP contribution in [-0.4, -0.2) is 12.9 Å². The summed E-state index contributed by atoms with van der Waals surface area (Å²) in [4.78, 5) is 10.9. The molecule has 0 spiro atoms. The van der Waals surface area contributed by atoms with Gasteiger partial charge < -0.3 is 4.74 Å². The molecule has 2 heteroatoms. The maximum absolute atomic E-state index is 10.9. The predicted octanol–water partition coefficient (Wildman–Crippen LogP) is 1.21. The van der Waals surface area contributed by atoms with Crippen molar-refractivity contribution in [3.63, 3.8) is 0 Å². The number of allylic oxidation sites excluding steroid dienone is 4. The van der Waals surface area contributed by atoms with Crippen LogP contribution in [0.25, 0.3) is 0 Å². The molecule has 2 nitrogen and oxygen atoms in total. The third-order valence-electron chi connectivity index (χ3n) is 1.27. The van der Waals surface area contributed by atoms with Crippen LogP contribution >= 0.6 is 0 Å². The Balaban J connectivity index is 2.86. The Kier molecular flexibility index (Phi) is 1.71. The van der Waals surface area contributed by atoms with Gasteiger partial charge in [-0.2, -0.15) is 0 Å². The predicted molar refractivity (Wildman–Crippen MR) is 38.4 cm³/mol. The molecule has 0 aliphatic heterocycles. The second-order valence-corrected chi connectivity index (χ2v) is 1.97. The zero-order chi connectivity index (χ0) is 7.56. The quantitative estimate of drug-likeness (QED) is 0.506. The lowest BCUT2D eigenvalue weighted by Crippen LogP contribution is -2.01. The lowest BCUT2D eigenvalue weighted by Gasteiger charge is -2.04. The number of carbonyl (C=O) groups excluding carboxylic acids is 1. The lowest BCUT2D eigenvalue weighted by atomic mass is 10.1. The van der Waals surface area contributed by atoms with E-state index in [1.165, 1.54) is 13.2 Å². The molecule has 0 bridgehead atoms. The molecule has 0 heterocycles. The van der Waals surface area contributed by atoms with Crippen LogP contribution in [0.4, 0.5) is 0 Å². The zero-order valence-corrected chi connectivity index (χ0v) is 5.76. The first kappa shape index (κ1) is 6.81. The van der Waals surface area contributed by atoms with E-state index in [0.717, 1.165) is 0 Å². The summed E-state index contributed by atoms with van der Waals surface area (Å²) in [5, 5.41) is 0. The van der Waals surface area contributed by atoms with E-state index in [4.69, 9.17) is 4.74 Å². The highest BCUT2D eigenvalue weighted by atomic mass is 16.5. The van der Waals surface area contributed by atoms with E-state index in [0.29, 0.717) is 11.3 Å². The van der Waals surface area contributed by atoms with Crippen molar-refractivity contribution in [2.24, 2.45) is 0 Å². The Bertz CT molecular complexity index is 234. The van der Waals surface area contributed by atoms with E-state index >= 15 is 0 Å². The number of ether oxygens (including phenoxy) is 1. The van der Waals surface area contributed by atoms with E-state index in [1.54, 1.807) is 12.2 Å². The first-order chi connectivity index (χ1) is 4.74. The molecule has 0 fully saturated rings. The highest BCUT2D eigenvalue weighted by molar-refractivity contribution is 6.07. The number of hydrogen-bond acceptors (Lipinski definition) is 2. The summed E-state index contributed by atoms with van der Waals surface area (Å²) < 4.78 is 4.82. The third kappa shape index (κ3) is 1.16. The molecule has 0 saturated heterocycles. The summed E-state index contributed by atoms with van der Waals surface area (Å²) in [5.74, 6) is 0.497. The van der Waals surface area contributed by atoms with E-state index < -0.39 is 0 Å². The Labute approximate surface area is 59.5 Å². The number of carbonyl (C=O) groups is 1. The maximum atomic E-state index is 10.9. The number of ketones is 1. The van der Waals surface area contributed by atoms with Crippen LogP contribution in [-0.2, 0) is 9.53 Å². The molecule has 1 aliphatic rings. The van der Waals surface area contributed by atoms with Crippen molar-refractivity contribution in [3.8, 4) is 0 Å². The number of rotatable bonds is 1. The maximum Gasteiger partial charge on any atom is 0.188 e. The first-order valence-electron chi connectivity index (χ1n) is 2.91. The summed E-state index contributed by atoms with van der Waals surface area (Å²) in [6.45, 7) is 3.53. The van der Waals surface area contributed by atoms with Crippen molar-refractivity contribution in [1.82, 2.24) is 0 Å². The molecule has 0 amide bonds. The highest BCUT2D eigenvalue weighted by Gasteiger charge is 2.06. The van der Waals surface area contributed by atoms with Crippen LogP contribution in [0.15, 0.2) is 36.1 Å². The van der Waals surface area contributed by atoms with Crippen LogP contribution < -0.4 is 0 Å². The van der Waals surface area contributed by atoms with Crippen molar-refractivity contribution in [1.29, 1.82) is 0 Å². The van der Waals surface area contributed by atoms with Gasteiger partial charge >= 0.3 is 0 Å². The summed E-state index contributed by atoms with van der Waals surface area (Å²) in [6, 6.07) is 0. The van der Waals surface area contributed by atoms with Crippen molar-refractivity contribution in [3.05, 3.63) is 36.1 Å². The number of methoxy groups -OCH3 is 1. The van der Waals surface area contributed by atoms with Crippen molar-refractivity contribution < 1.29 is 9.53 Å². The third-order valence-corrected chi connectivity index (χ3v) is 1.27. The molecular formula is C8H8O2. The van der Waals surface area contributed by atoms with Crippen molar-refractivity contribution in [2.75, 3.05) is 7.11 Å². The Hall–Kier alpha value is -1.31. The van der Waals surface area contributed by atoms with Gasteiger partial charge in [0.25, 0.3) is 0 Å². The minimum atomic E-state index is -0.0839. The molecule has 0 aromatic heterocycles. The molecule has 10 heavy (non-hydrogen) atoms. The van der Waals surface area contributed by atoms with Gasteiger partial charge in [0.15, 0.2) is 5.78 Å². The topological polar surface area (TPSA) is 26.3 Å². The molecule has 1 aliphatic carbocycles. The fourth-order valence-electron chi connectivity index (χ4n) is 0.662. The second-order valence-electron chi connectivity index (χ2n) is 1.97. The average Bonchev–Trinajstić information content (AvgIpc) is 1.95. The second kappa shape index (κ2) is 2.52. The summed E-state index contributed by atoms with van der Waals surface area (Å²) >= 11 is 0. The summed E-state index contributed by atoms with van der Waals surface area (Å²) in [7, 11) is 1.53. The molecule has 1 rings (SSSR count). The van der Waals surface area contributed by atoms with Gasteiger partial charge in [0.05, 0.1) is 7.11 Å². The van der Waals surface area contributed by atoms with Crippen LogP contribution in [0.2, 0.25) is 0 Å². The van der Waals surface area contributed by atoms with Gasteiger partial charge in [-0.1, -0.05) is 6.58 Å². The van der Waals surface area contributed by atoms with Gasteiger partial charge in [0, 0.05) is 11.6 Å². The van der Waals surface area contributed by atoms with Crippen LogP contribution in [0.1, 0.15) is 0 Å². The van der Waals surface area contributed by atoms with Gasteiger partial charge in [-0.3, -0.25) is 4.79 Å². The summed E-state index contributed by atoms with van der Waals surface area (Å²) in [6.07, 6.45) is 4.77. The molecular weight excluding hydrogens is 128 g/mol. The monoisotopic (exact) mass is 136 g/mol. The fraction of sp³-hybridized carbons (Fsp3) is 0.125. The molecule has 0 saturated carbocycles. The zero-order valence-electron chi connectivity index (χ0n) is 5.76.